The molecule has 2 saturated heterocycles. The van der Waals surface area contributed by atoms with Gasteiger partial charge in [-0.2, -0.15) is 0 Å². The van der Waals surface area contributed by atoms with Gasteiger partial charge in [0.15, 0.2) is 0 Å². The van der Waals surface area contributed by atoms with Crippen LogP contribution in [0.25, 0.3) is 0 Å². The minimum absolute atomic E-state index is 0. The van der Waals surface area contributed by atoms with E-state index in [1.54, 1.807) is 17.0 Å². The summed E-state index contributed by atoms with van der Waals surface area (Å²) in [6.45, 7) is 12.3. The van der Waals surface area contributed by atoms with Crippen LogP contribution in [-0.2, 0) is 26.2 Å². The van der Waals surface area contributed by atoms with Crippen molar-refractivity contribution in [3.8, 4) is 0 Å². The number of nitrogens with zero attached hydrogens (tertiary/aromatic N) is 3. The topological polar surface area (TPSA) is 103 Å². The summed E-state index contributed by atoms with van der Waals surface area (Å²) < 4.78 is 19.1. The number of anilines is 1. The molecular weight excluding hydrogens is 606 g/mol. The quantitative estimate of drug-likeness (QED) is 0.382. The van der Waals surface area contributed by atoms with E-state index in [-0.39, 0.29) is 67.6 Å². The summed E-state index contributed by atoms with van der Waals surface area (Å²) in [7, 11) is 0. The lowest BCUT2D eigenvalue weighted by Gasteiger charge is -2.43. The fraction of sp³-hybridized carbons (Fsp3) is 0.562. The van der Waals surface area contributed by atoms with Crippen LogP contribution in [0.15, 0.2) is 42.5 Å². The molecule has 2 fully saturated rings. The number of hydrogen-bond donors (Lipinski definition) is 3. The van der Waals surface area contributed by atoms with Crippen molar-refractivity contribution in [3.63, 3.8) is 0 Å². The molecule has 4 N–H and O–H groups in total. The number of morpholine rings is 1. The lowest BCUT2D eigenvalue weighted by Crippen LogP contribution is -2.62. The highest BCUT2D eigenvalue weighted by Gasteiger charge is 2.47. The number of ether oxygens (including phenoxy) is 1. The molecule has 2 aromatic carbocycles. The van der Waals surface area contributed by atoms with Crippen molar-refractivity contribution < 1.29 is 18.7 Å². The van der Waals surface area contributed by atoms with Gasteiger partial charge >= 0.3 is 0 Å². The Balaban J connectivity index is 0.00000264. The highest BCUT2D eigenvalue weighted by atomic mass is 35.5. The molecule has 12 heteroatoms. The Morgan fingerprint density at radius 2 is 1.84 bits per heavy atom. The summed E-state index contributed by atoms with van der Waals surface area (Å²) in [5.41, 5.74) is 8.36. The van der Waals surface area contributed by atoms with Gasteiger partial charge in [-0.3, -0.25) is 19.4 Å². The number of hydrogen-bond acceptors (Lipinski definition) is 7. The summed E-state index contributed by atoms with van der Waals surface area (Å²) in [4.78, 5) is 34.1. The van der Waals surface area contributed by atoms with Gasteiger partial charge in [0, 0.05) is 69.6 Å². The fourth-order valence-corrected chi connectivity index (χ4v) is 6.47. The molecule has 2 unspecified atom stereocenters. The van der Waals surface area contributed by atoms with Crippen LogP contribution >= 0.6 is 24.8 Å². The van der Waals surface area contributed by atoms with Crippen molar-refractivity contribution in [3.05, 3.63) is 65.0 Å². The lowest BCUT2D eigenvalue weighted by atomic mass is 9.83. The summed E-state index contributed by atoms with van der Waals surface area (Å²) in [5, 5.41) is 6.54. The molecule has 244 valence electrons. The van der Waals surface area contributed by atoms with Crippen LogP contribution < -0.4 is 21.3 Å². The van der Waals surface area contributed by atoms with Crippen LogP contribution in [0.5, 0.6) is 0 Å². The molecule has 2 aromatic rings. The number of fused-ring (bicyclic) bond motifs is 1. The van der Waals surface area contributed by atoms with E-state index in [0.29, 0.717) is 25.6 Å². The van der Waals surface area contributed by atoms with Crippen molar-refractivity contribution in [2.24, 2.45) is 5.73 Å². The number of halogens is 3. The average Bonchev–Trinajstić information content (AvgIpc) is 3.28. The van der Waals surface area contributed by atoms with Crippen LogP contribution in [0.4, 0.5) is 10.1 Å². The fourth-order valence-electron chi connectivity index (χ4n) is 6.47. The number of nitrogens with two attached hydrogens (primary N) is 1. The van der Waals surface area contributed by atoms with Crippen LogP contribution in [-0.4, -0.2) is 105 Å². The molecule has 3 aliphatic rings. The van der Waals surface area contributed by atoms with Gasteiger partial charge in [-0.1, -0.05) is 24.3 Å². The van der Waals surface area contributed by atoms with E-state index in [9.17, 15) is 14.0 Å². The van der Waals surface area contributed by atoms with Crippen LogP contribution in [0.2, 0.25) is 0 Å². The van der Waals surface area contributed by atoms with Crippen LogP contribution in [0, 0.1) is 5.82 Å². The maximum Gasteiger partial charge on any atom is 0.241 e. The minimum Gasteiger partial charge on any atom is -0.379 e. The Morgan fingerprint density at radius 1 is 1.11 bits per heavy atom. The number of rotatable bonds is 9. The first kappa shape index (κ1) is 36.2. The number of amides is 2. The van der Waals surface area contributed by atoms with Crippen molar-refractivity contribution in [2.45, 2.75) is 50.7 Å². The third kappa shape index (κ3) is 8.09. The Hall–Kier alpha value is -2.31. The minimum atomic E-state index is -0.895. The van der Waals surface area contributed by atoms with E-state index in [2.05, 4.69) is 34.3 Å². The number of carbonyl (C=O) groups excluding carboxylic acids is 2. The maximum atomic E-state index is 14.2. The second-order valence-electron chi connectivity index (χ2n) is 12.3. The summed E-state index contributed by atoms with van der Waals surface area (Å²) in [5.74, 6) is -0.419. The molecular formula is C32H47Cl2FN6O3. The van der Waals surface area contributed by atoms with E-state index in [4.69, 9.17) is 10.5 Å². The molecule has 0 saturated carbocycles. The molecule has 0 aliphatic carbocycles. The van der Waals surface area contributed by atoms with E-state index in [1.165, 1.54) is 12.1 Å². The van der Waals surface area contributed by atoms with Gasteiger partial charge in [-0.15, -0.1) is 24.8 Å². The summed E-state index contributed by atoms with van der Waals surface area (Å²) in [6.07, 6.45) is 0.598. The molecule has 3 heterocycles. The van der Waals surface area contributed by atoms with Gasteiger partial charge in [-0.05, 0) is 62.1 Å². The lowest BCUT2D eigenvalue weighted by molar-refractivity contribution is -0.125. The zero-order valence-corrected chi connectivity index (χ0v) is 27.5. The smallest absolute Gasteiger partial charge is 0.241 e. The molecule has 5 rings (SSSR count). The Morgan fingerprint density at radius 3 is 2.55 bits per heavy atom. The van der Waals surface area contributed by atoms with Crippen molar-refractivity contribution in [1.82, 2.24) is 20.4 Å². The van der Waals surface area contributed by atoms with Gasteiger partial charge in [0.1, 0.15) is 5.82 Å². The van der Waals surface area contributed by atoms with Crippen molar-refractivity contribution >= 4 is 42.3 Å². The van der Waals surface area contributed by atoms with Gasteiger partial charge in [0.05, 0.1) is 25.2 Å². The molecule has 3 aliphatic heterocycles. The second-order valence-corrected chi connectivity index (χ2v) is 12.3. The third-order valence-corrected chi connectivity index (χ3v) is 8.99. The van der Waals surface area contributed by atoms with E-state index in [0.717, 1.165) is 61.8 Å². The first-order valence-corrected chi connectivity index (χ1v) is 15.1. The monoisotopic (exact) mass is 652 g/mol. The standard InChI is InChI=1S/C32H45FN6O3.2ClH/c1-22-17-38(27(16-36-22)18-37-12-13-42-20-23(37)2)19-30(40)39-21-32(3,31(41)35-11-10-34)28-9-6-25(15-29(28)39)14-24-4-7-26(33)8-5-24;;/h4-9,15,22-23,27,36H,10-14,16-21,34H2,1-3H3,(H,35,41);2*1H/t22-,23?,27-,32?;;/m1../s1. The first-order chi connectivity index (χ1) is 20.2. The molecule has 9 nitrogen and oxygen atoms in total. The third-order valence-electron chi connectivity index (χ3n) is 8.99. The van der Waals surface area contributed by atoms with E-state index < -0.39 is 5.41 Å². The zero-order valence-electron chi connectivity index (χ0n) is 25.9. The molecule has 4 atom stereocenters. The largest absolute Gasteiger partial charge is 0.379 e. The predicted molar refractivity (Wildman–Crippen MR) is 177 cm³/mol. The van der Waals surface area contributed by atoms with Crippen LogP contribution in [0.3, 0.4) is 0 Å². The number of carbonyl (C=O) groups is 2. The number of nitrogens with one attached hydrogen (secondary N) is 2. The van der Waals surface area contributed by atoms with Gasteiger partial charge in [0.2, 0.25) is 11.8 Å². The SMILES string of the molecule is CC1COCCN1C[C@H]1CN[C@H](C)CN1CC(=O)N1CC(C)(C(=O)NCCN)c2ccc(Cc3ccc(F)cc3)cc21.Cl.Cl. The molecule has 2 amide bonds. The molecule has 44 heavy (non-hydrogen) atoms. The second kappa shape index (κ2) is 15.8. The normalized spacial score (nSPS) is 25.5. The Bertz CT molecular complexity index is 1270. The summed E-state index contributed by atoms with van der Waals surface area (Å²) >= 11 is 0. The first-order valence-electron chi connectivity index (χ1n) is 15.1. The highest BCUT2D eigenvalue weighted by Crippen LogP contribution is 2.42. The Labute approximate surface area is 272 Å². The van der Waals surface area contributed by atoms with E-state index >= 15 is 0 Å². The molecule has 0 radical (unpaired) electrons. The van der Waals surface area contributed by atoms with Gasteiger partial charge in [-0.25, -0.2) is 4.39 Å². The summed E-state index contributed by atoms with van der Waals surface area (Å²) in [6, 6.07) is 13.3. The average molecular weight is 654 g/mol. The van der Waals surface area contributed by atoms with Crippen molar-refractivity contribution in [1.29, 1.82) is 0 Å². The maximum absolute atomic E-state index is 14.2. The zero-order chi connectivity index (χ0) is 29.9. The Kier molecular flexibility index (Phi) is 13.0. The highest BCUT2D eigenvalue weighted by molar-refractivity contribution is 6.03. The molecule has 0 spiro atoms. The van der Waals surface area contributed by atoms with E-state index in [1.807, 2.05) is 25.1 Å². The van der Waals surface area contributed by atoms with Gasteiger partial charge < -0.3 is 26.0 Å². The molecule has 0 aromatic heterocycles. The van der Waals surface area contributed by atoms with Gasteiger partial charge in [0.25, 0.3) is 0 Å². The van der Waals surface area contributed by atoms with Crippen LogP contribution in [0.1, 0.15) is 37.5 Å². The predicted octanol–water partition coefficient (Wildman–Crippen LogP) is 2.32. The number of benzene rings is 2. The number of piperazine rings is 1. The van der Waals surface area contributed by atoms with Crippen molar-refractivity contribution in [2.75, 3.05) is 70.5 Å². The molecule has 0 bridgehead atoms.